The van der Waals surface area contributed by atoms with E-state index in [4.69, 9.17) is 10.2 Å². The number of H-pyrrole nitrogens is 1. The third kappa shape index (κ3) is 4.72. The lowest BCUT2D eigenvalue weighted by Gasteiger charge is -2.29. The molecular formula is C22H21N3O5. The predicted octanol–water partition coefficient (Wildman–Crippen LogP) is 2.78. The number of hydrogen-bond donors (Lipinski definition) is 3. The summed E-state index contributed by atoms with van der Waals surface area (Å²) in [6.07, 6.45) is 3.70. The van der Waals surface area contributed by atoms with Crippen molar-refractivity contribution < 1.29 is 24.6 Å². The van der Waals surface area contributed by atoms with E-state index in [9.17, 15) is 14.4 Å². The minimum atomic E-state index is -1.26. The average molecular weight is 407 g/mol. The summed E-state index contributed by atoms with van der Waals surface area (Å²) >= 11 is 0. The summed E-state index contributed by atoms with van der Waals surface area (Å²) in [5.74, 6) is -2.40. The SMILES string of the molecule is Cc1[nH]cnc1CN1CCc2ccc3ccccc3c2C1=O.O=C(O)/C=C\C(=O)O. The third-order valence-corrected chi connectivity index (χ3v) is 4.81. The monoisotopic (exact) mass is 407 g/mol. The third-order valence-electron chi connectivity index (χ3n) is 4.81. The Labute approximate surface area is 172 Å². The van der Waals surface area contributed by atoms with Crippen molar-refractivity contribution in [2.45, 2.75) is 19.9 Å². The van der Waals surface area contributed by atoms with E-state index < -0.39 is 11.9 Å². The van der Waals surface area contributed by atoms with Gasteiger partial charge < -0.3 is 20.1 Å². The van der Waals surface area contributed by atoms with Crippen molar-refractivity contribution >= 4 is 28.6 Å². The van der Waals surface area contributed by atoms with Gasteiger partial charge in [-0.25, -0.2) is 14.6 Å². The summed E-state index contributed by atoms with van der Waals surface area (Å²) in [5.41, 5.74) is 3.98. The number of carboxylic acids is 2. The van der Waals surface area contributed by atoms with Gasteiger partial charge in [0.15, 0.2) is 0 Å². The van der Waals surface area contributed by atoms with Gasteiger partial charge in [-0.05, 0) is 29.7 Å². The van der Waals surface area contributed by atoms with Crippen molar-refractivity contribution in [3.63, 3.8) is 0 Å². The number of amides is 1. The Hall–Kier alpha value is -3.94. The van der Waals surface area contributed by atoms with E-state index in [-0.39, 0.29) is 5.91 Å². The molecule has 30 heavy (non-hydrogen) atoms. The van der Waals surface area contributed by atoms with E-state index in [1.165, 1.54) is 0 Å². The minimum Gasteiger partial charge on any atom is -0.478 e. The highest BCUT2D eigenvalue weighted by Gasteiger charge is 2.26. The molecule has 1 aliphatic heterocycles. The Morgan fingerprint density at radius 1 is 1.13 bits per heavy atom. The molecule has 0 bridgehead atoms. The van der Waals surface area contributed by atoms with Crippen LogP contribution in [0.2, 0.25) is 0 Å². The maximum atomic E-state index is 13.0. The van der Waals surface area contributed by atoms with Gasteiger partial charge in [0.05, 0.1) is 24.1 Å². The minimum absolute atomic E-state index is 0.112. The number of aromatic amines is 1. The summed E-state index contributed by atoms with van der Waals surface area (Å²) in [6, 6.07) is 12.3. The van der Waals surface area contributed by atoms with Crippen LogP contribution in [0.3, 0.4) is 0 Å². The fourth-order valence-corrected chi connectivity index (χ4v) is 3.31. The number of carbonyl (C=O) groups excluding carboxylic acids is 1. The molecule has 0 spiro atoms. The zero-order valence-electron chi connectivity index (χ0n) is 16.3. The quantitative estimate of drug-likeness (QED) is 0.572. The Morgan fingerprint density at radius 2 is 1.83 bits per heavy atom. The number of carboxylic acid groups (broad SMARTS) is 2. The van der Waals surface area contributed by atoms with E-state index >= 15 is 0 Å². The molecule has 0 unspecified atom stereocenters. The fourth-order valence-electron chi connectivity index (χ4n) is 3.31. The normalized spacial score (nSPS) is 13.1. The maximum Gasteiger partial charge on any atom is 0.328 e. The molecule has 0 saturated heterocycles. The molecule has 0 atom stereocenters. The van der Waals surface area contributed by atoms with Crippen molar-refractivity contribution in [3.8, 4) is 0 Å². The van der Waals surface area contributed by atoms with Crippen LogP contribution < -0.4 is 0 Å². The smallest absolute Gasteiger partial charge is 0.328 e. The molecule has 0 fully saturated rings. The Kier molecular flexibility index (Phi) is 6.26. The van der Waals surface area contributed by atoms with Gasteiger partial charge in [0.25, 0.3) is 5.91 Å². The number of carbonyl (C=O) groups is 3. The number of hydrogen-bond acceptors (Lipinski definition) is 4. The van der Waals surface area contributed by atoms with Crippen LogP contribution in [0.5, 0.6) is 0 Å². The molecule has 0 radical (unpaired) electrons. The van der Waals surface area contributed by atoms with Crippen molar-refractivity contribution in [1.29, 1.82) is 0 Å². The molecule has 1 amide bonds. The predicted molar refractivity (Wildman–Crippen MR) is 110 cm³/mol. The maximum absolute atomic E-state index is 13.0. The highest BCUT2D eigenvalue weighted by Crippen LogP contribution is 2.28. The summed E-state index contributed by atoms with van der Waals surface area (Å²) in [5, 5.41) is 17.8. The highest BCUT2D eigenvalue weighted by molar-refractivity contribution is 6.09. The van der Waals surface area contributed by atoms with Gasteiger partial charge in [-0.1, -0.05) is 36.4 Å². The Bertz CT molecular complexity index is 1120. The first-order chi connectivity index (χ1) is 14.4. The van der Waals surface area contributed by atoms with Crippen LogP contribution in [-0.2, 0) is 22.6 Å². The van der Waals surface area contributed by atoms with Crippen molar-refractivity contribution in [2.75, 3.05) is 6.54 Å². The molecule has 8 nitrogen and oxygen atoms in total. The lowest BCUT2D eigenvalue weighted by Crippen LogP contribution is -2.37. The van der Waals surface area contributed by atoms with E-state index in [1.54, 1.807) is 6.33 Å². The Balaban J connectivity index is 0.000000275. The van der Waals surface area contributed by atoms with Gasteiger partial charge in [0.1, 0.15) is 0 Å². The molecule has 1 aromatic heterocycles. The largest absolute Gasteiger partial charge is 0.478 e. The van der Waals surface area contributed by atoms with Crippen LogP contribution in [0.25, 0.3) is 10.8 Å². The standard InChI is InChI=1S/C18H17N3O.C4H4O4/c1-12-16(20-11-19-12)10-21-9-8-14-7-6-13-4-2-3-5-15(13)17(14)18(21)22;5-3(6)1-2-4(7)8/h2-7,11H,8-10H2,1H3,(H,19,20);1-2H,(H,5,6)(H,7,8)/b;2-1-. The first-order valence-electron chi connectivity index (χ1n) is 9.29. The molecule has 1 aliphatic rings. The number of aliphatic carboxylic acids is 2. The topological polar surface area (TPSA) is 124 Å². The van der Waals surface area contributed by atoms with Crippen LogP contribution >= 0.6 is 0 Å². The first-order valence-corrected chi connectivity index (χ1v) is 9.29. The van der Waals surface area contributed by atoms with Crippen molar-refractivity contribution in [3.05, 3.63) is 77.4 Å². The fraction of sp³-hybridized carbons (Fsp3) is 0.182. The summed E-state index contributed by atoms with van der Waals surface area (Å²) in [6.45, 7) is 3.30. The first kappa shape index (κ1) is 20.8. The van der Waals surface area contributed by atoms with E-state index in [1.807, 2.05) is 30.0 Å². The molecule has 3 aromatic rings. The van der Waals surface area contributed by atoms with Gasteiger partial charge in [-0.15, -0.1) is 0 Å². The van der Waals surface area contributed by atoms with E-state index in [0.29, 0.717) is 18.7 Å². The number of nitrogens with one attached hydrogen (secondary N) is 1. The van der Waals surface area contributed by atoms with Gasteiger partial charge in [-0.2, -0.15) is 0 Å². The second kappa shape index (κ2) is 9.04. The summed E-state index contributed by atoms with van der Waals surface area (Å²) in [7, 11) is 0. The van der Waals surface area contributed by atoms with Crippen LogP contribution in [0.4, 0.5) is 0 Å². The second-order valence-electron chi connectivity index (χ2n) is 6.78. The molecule has 0 saturated carbocycles. The van der Waals surface area contributed by atoms with E-state index in [2.05, 4.69) is 28.2 Å². The van der Waals surface area contributed by atoms with Crippen molar-refractivity contribution in [1.82, 2.24) is 14.9 Å². The lowest BCUT2D eigenvalue weighted by molar-refractivity contribution is -0.134. The molecular weight excluding hydrogens is 386 g/mol. The van der Waals surface area contributed by atoms with Crippen LogP contribution in [0.1, 0.15) is 27.3 Å². The number of nitrogens with zero attached hydrogens (tertiary/aromatic N) is 2. The summed E-state index contributed by atoms with van der Waals surface area (Å²) < 4.78 is 0. The Morgan fingerprint density at radius 3 is 2.47 bits per heavy atom. The number of aryl methyl sites for hydroxylation is 1. The lowest BCUT2D eigenvalue weighted by atomic mass is 9.93. The number of imidazole rings is 1. The van der Waals surface area contributed by atoms with Crippen LogP contribution in [0, 0.1) is 6.92 Å². The molecule has 2 aromatic carbocycles. The number of fused-ring (bicyclic) bond motifs is 3. The van der Waals surface area contributed by atoms with Gasteiger partial charge in [-0.3, -0.25) is 4.79 Å². The zero-order chi connectivity index (χ0) is 21.7. The van der Waals surface area contributed by atoms with Gasteiger partial charge in [0, 0.05) is 24.4 Å². The number of benzene rings is 2. The van der Waals surface area contributed by atoms with Crippen molar-refractivity contribution in [2.24, 2.45) is 0 Å². The molecule has 0 aliphatic carbocycles. The number of rotatable bonds is 4. The molecule has 4 rings (SSSR count). The van der Waals surface area contributed by atoms with Crippen LogP contribution in [0.15, 0.2) is 54.9 Å². The van der Waals surface area contributed by atoms with Gasteiger partial charge >= 0.3 is 11.9 Å². The van der Waals surface area contributed by atoms with E-state index in [0.717, 1.165) is 46.3 Å². The summed E-state index contributed by atoms with van der Waals surface area (Å²) in [4.78, 5) is 41.4. The zero-order valence-corrected chi connectivity index (χ0v) is 16.3. The van der Waals surface area contributed by atoms with Gasteiger partial charge in [0.2, 0.25) is 0 Å². The number of aromatic nitrogens is 2. The average Bonchev–Trinajstić information content (AvgIpc) is 3.13. The molecule has 2 heterocycles. The molecule has 154 valence electrons. The van der Waals surface area contributed by atoms with Crippen LogP contribution in [-0.4, -0.2) is 49.5 Å². The molecule has 3 N–H and O–H groups in total. The highest BCUT2D eigenvalue weighted by atomic mass is 16.4. The second-order valence-corrected chi connectivity index (χ2v) is 6.78. The molecule has 8 heteroatoms.